The molecule has 5 rings (SSSR count). The van der Waals surface area contributed by atoms with Gasteiger partial charge < -0.3 is 19.7 Å². The molecule has 10 heteroatoms. The molecule has 1 fully saturated rings. The third-order valence-corrected chi connectivity index (χ3v) is 6.30. The van der Waals surface area contributed by atoms with Crippen LogP contribution in [0.4, 0.5) is 14.5 Å². The first-order valence-corrected chi connectivity index (χ1v) is 12.4. The zero-order valence-electron chi connectivity index (χ0n) is 21.2. The zero-order chi connectivity index (χ0) is 27.4. The van der Waals surface area contributed by atoms with Gasteiger partial charge in [0, 0.05) is 37.6 Å². The van der Waals surface area contributed by atoms with Crippen molar-refractivity contribution in [2.24, 2.45) is 7.05 Å². The second kappa shape index (κ2) is 11.4. The molecule has 1 aliphatic heterocycles. The van der Waals surface area contributed by atoms with Crippen LogP contribution < -0.4 is 10.1 Å². The Bertz CT molecular complexity index is 1500. The number of carbonyl (C=O) groups is 2. The van der Waals surface area contributed by atoms with Crippen molar-refractivity contribution in [2.45, 2.75) is 6.61 Å². The summed E-state index contributed by atoms with van der Waals surface area (Å²) in [5, 5.41) is 6.93. The summed E-state index contributed by atoms with van der Waals surface area (Å²) >= 11 is 0. The van der Waals surface area contributed by atoms with E-state index in [4.69, 9.17) is 9.47 Å². The number of anilines is 1. The van der Waals surface area contributed by atoms with Crippen LogP contribution in [0.3, 0.4) is 0 Å². The Labute approximate surface area is 223 Å². The average Bonchev–Trinajstić information content (AvgIpc) is 3.38. The molecule has 1 saturated heterocycles. The third kappa shape index (κ3) is 6.12. The molecule has 200 valence electrons. The third-order valence-electron chi connectivity index (χ3n) is 6.30. The minimum atomic E-state index is -0.551. The molecular formula is C29H26F2N4O4. The Morgan fingerprint density at radius 3 is 2.46 bits per heavy atom. The lowest BCUT2D eigenvalue weighted by atomic mass is 9.96. The Morgan fingerprint density at radius 2 is 1.77 bits per heavy atom. The van der Waals surface area contributed by atoms with Gasteiger partial charge in [0.25, 0.3) is 11.8 Å². The van der Waals surface area contributed by atoms with E-state index in [1.54, 1.807) is 59.4 Å². The lowest BCUT2D eigenvalue weighted by molar-refractivity contribution is 0.0303. The topological polar surface area (TPSA) is 85.7 Å². The molecule has 8 nitrogen and oxygen atoms in total. The van der Waals surface area contributed by atoms with E-state index >= 15 is 0 Å². The van der Waals surface area contributed by atoms with E-state index in [2.05, 4.69) is 10.4 Å². The maximum atomic E-state index is 13.8. The number of nitrogens with zero attached hydrogens (tertiary/aromatic N) is 3. The van der Waals surface area contributed by atoms with Crippen LogP contribution in [0.25, 0.3) is 11.1 Å². The highest BCUT2D eigenvalue weighted by molar-refractivity contribution is 6.09. The Morgan fingerprint density at radius 1 is 1.00 bits per heavy atom. The molecule has 1 aliphatic rings. The lowest BCUT2D eigenvalue weighted by Gasteiger charge is -2.28. The van der Waals surface area contributed by atoms with Crippen molar-refractivity contribution < 1.29 is 27.8 Å². The number of hydrogen-bond acceptors (Lipinski definition) is 5. The fourth-order valence-corrected chi connectivity index (χ4v) is 4.30. The van der Waals surface area contributed by atoms with Crippen LogP contribution >= 0.6 is 0 Å². The second-order valence-electron chi connectivity index (χ2n) is 9.08. The van der Waals surface area contributed by atoms with E-state index in [1.165, 1.54) is 30.3 Å². The number of benzene rings is 3. The Kier molecular flexibility index (Phi) is 7.64. The minimum Gasteiger partial charge on any atom is -0.488 e. The molecule has 2 heterocycles. The number of amides is 2. The summed E-state index contributed by atoms with van der Waals surface area (Å²) in [6.45, 7) is 1.74. The van der Waals surface area contributed by atoms with Crippen LogP contribution in [0.5, 0.6) is 5.75 Å². The van der Waals surface area contributed by atoms with Crippen LogP contribution in [0.15, 0.2) is 73.1 Å². The van der Waals surface area contributed by atoms with Gasteiger partial charge in [0.05, 0.1) is 30.5 Å². The number of halogens is 2. The first-order chi connectivity index (χ1) is 18.9. The van der Waals surface area contributed by atoms with Crippen LogP contribution in [0.1, 0.15) is 26.3 Å². The van der Waals surface area contributed by atoms with Crippen molar-refractivity contribution in [3.8, 4) is 16.9 Å². The molecule has 0 bridgehead atoms. The number of carbonyl (C=O) groups excluding carboxylic acids is 2. The Balaban J connectivity index is 1.58. The van der Waals surface area contributed by atoms with E-state index in [0.29, 0.717) is 48.6 Å². The van der Waals surface area contributed by atoms with Crippen molar-refractivity contribution in [3.63, 3.8) is 0 Å². The van der Waals surface area contributed by atoms with Gasteiger partial charge in [0.2, 0.25) is 0 Å². The SMILES string of the molecule is Cn1cc(-c2cc(C(=O)Nc3cccc(F)c3)c(OCc3ccc(F)cc3)cc2C(=O)N2CCOCC2)cn1. The summed E-state index contributed by atoms with van der Waals surface area (Å²) in [6.07, 6.45) is 3.36. The molecule has 1 N–H and O–H groups in total. The highest BCUT2D eigenvalue weighted by Gasteiger charge is 2.26. The molecule has 0 radical (unpaired) electrons. The van der Waals surface area contributed by atoms with Gasteiger partial charge in [-0.2, -0.15) is 5.10 Å². The lowest BCUT2D eigenvalue weighted by Crippen LogP contribution is -2.40. The molecule has 0 aliphatic carbocycles. The van der Waals surface area contributed by atoms with E-state index in [0.717, 1.165) is 0 Å². The van der Waals surface area contributed by atoms with Gasteiger partial charge in [-0.15, -0.1) is 0 Å². The van der Waals surface area contributed by atoms with Crippen molar-refractivity contribution >= 4 is 17.5 Å². The minimum absolute atomic E-state index is 0.0257. The molecule has 0 atom stereocenters. The van der Waals surface area contributed by atoms with E-state index < -0.39 is 11.7 Å². The summed E-state index contributed by atoms with van der Waals surface area (Å²) in [5.41, 5.74) is 2.54. The van der Waals surface area contributed by atoms with Crippen LogP contribution in [0.2, 0.25) is 0 Å². The predicted octanol–water partition coefficient (Wildman–Crippen LogP) is 4.67. The first kappa shape index (κ1) is 26.1. The fourth-order valence-electron chi connectivity index (χ4n) is 4.30. The highest BCUT2D eigenvalue weighted by atomic mass is 19.1. The van der Waals surface area contributed by atoms with Crippen molar-refractivity contribution in [1.29, 1.82) is 0 Å². The second-order valence-corrected chi connectivity index (χ2v) is 9.08. The van der Waals surface area contributed by atoms with Gasteiger partial charge in [0.15, 0.2) is 0 Å². The average molecular weight is 533 g/mol. The molecule has 1 aromatic heterocycles. The number of ether oxygens (including phenoxy) is 2. The quantitative estimate of drug-likeness (QED) is 0.374. The van der Waals surface area contributed by atoms with Gasteiger partial charge in [-0.1, -0.05) is 18.2 Å². The van der Waals surface area contributed by atoms with E-state index in [1.807, 2.05) is 0 Å². The molecular weight excluding hydrogens is 506 g/mol. The summed E-state index contributed by atoms with van der Waals surface area (Å²) in [7, 11) is 1.75. The van der Waals surface area contributed by atoms with Gasteiger partial charge in [-0.25, -0.2) is 8.78 Å². The summed E-state index contributed by atoms with van der Waals surface area (Å²) in [6, 6.07) is 14.4. The number of rotatable bonds is 7. The van der Waals surface area contributed by atoms with E-state index in [-0.39, 0.29) is 35.3 Å². The zero-order valence-corrected chi connectivity index (χ0v) is 21.2. The monoisotopic (exact) mass is 532 g/mol. The molecule has 0 spiro atoms. The number of hydrogen-bond donors (Lipinski definition) is 1. The van der Waals surface area contributed by atoms with Gasteiger partial charge >= 0.3 is 0 Å². The highest BCUT2D eigenvalue weighted by Crippen LogP contribution is 2.33. The molecule has 0 saturated carbocycles. The molecule has 39 heavy (non-hydrogen) atoms. The first-order valence-electron chi connectivity index (χ1n) is 12.4. The predicted molar refractivity (Wildman–Crippen MR) is 140 cm³/mol. The number of aromatic nitrogens is 2. The van der Waals surface area contributed by atoms with Gasteiger partial charge in [0.1, 0.15) is 24.0 Å². The fraction of sp³-hybridized carbons (Fsp3) is 0.207. The maximum Gasteiger partial charge on any atom is 0.259 e. The summed E-state index contributed by atoms with van der Waals surface area (Å²) in [5.74, 6) is -1.51. The van der Waals surface area contributed by atoms with Gasteiger partial charge in [-0.05, 0) is 53.6 Å². The van der Waals surface area contributed by atoms with Gasteiger partial charge in [-0.3, -0.25) is 14.3 Å². The maximum absolute atomic E-state index is 13.8. The van der Waals surface area contributed by atoms with Crippen molar-refractivity contribution in [1.82, 2.24) is 14.7 Å². The molecule has 3 aromatic carbocycles. The molecule has 2 amide bonds. The van der Waals surface area contributed by atoms with Crippen molar-refractivity contribution in [3.05, 3.63) is 101 Å². The van der Waals surface area contributed by atoms with Crippen molar-refractivity contribution in [2.75, 3.05) is 31.6 Å². The van der Waals surface area contributed by atoms with Crippen LogP contribution in [-0.2, 0) is 18.4 Å². The Hall–Kier alpha value is -4.57. The molecule has 0 unspecified atom stereocenters. The number of aryl methyl sites for hydroxylation is 1. The van der Waals surface area contributed by atoms with Crippen LogP contribution in [-0.4, -0.2) is 52.8 Å². The van der Waals surface area contributed by atoms with Crippen LogP contribution in [0, 0.1) is 11.6 Å². The smallest absolute Gasteiger partial charge is 0.259 e. The molecule has 4 aromatic rings. The normalized spacial score (nSPS) is 13.3. The number of morpholine rings is 1. The summed E-state index contributed by atoms with van der Waals surface area (Å²) in [4.78, 5) is 28.8. The largest absolute Gasteiger partial charge is 0.488 e. The standard InChI is InChI=1S/C29H26F2N4O4/c1-34-17-20(16-32-34)24-14-26(28(36)33-23-4-2-3-22(31)13-23)27(39-18-19-5-7-21(30)8-6-19)15-25(24)29(37)35-9-11-38-12-10-35/h2-8,13-17H,9-12,18H2,1H3,(H,33,36). The number of nitrogens with one attached hydrogen (secondary N) is 1. The summed E-state index contributed by atoms with van der Waals surface area (Å²) < 4.78 is 40.2. The van der Waals surface area contributed by atoms with E-state index in [9.17, 15) is 18.4 Å².